The van der Waals surface area contributed by atoms with Crippen molar-refractivity contribution in [3.05, 3.63) is 52.5 Å². The monoisotopic (exact) mass is 348 g/mol. The van der Waals surface area contributed by atoms with Gasteiger partial charge in [-0.2, -0.15) is 0 Å². The Labute approximate surface area is 141 Å². The van der Waals surface area contributed by atoms with Crippen molar-refractivity contribution >= 4 is 50.7 Å². The molecule has 3 rings (SSSR count). The van der Waals surface area contributed by atoms with Gasteiger partial charge in [0.2, 0.25) is 5.91 Å². The summed E-state index contributed by atoms with van der Waals surface area (Å²) < 4.78 is 6.45. The van der Waals surface area contributed by atoms with Crippen LogP contribution in [0.25, 0.3) is 10.2 Å². The third-order valence-corrected chi connectivity index (χ3v) is 4.49. The molecule has 0 fully saturated rings. The topological polar surface area (TPSA) is 60.3 Å². The first kappa shape index (κ1) is 15.6. The van der Waals surface area contributed by atoms with E-state index in [1.165, 1.54) is 18.4 Å². The van der Waals surface area contributed by atoms with E-state index in [-0.39, 0.29) is 12.5 Å². The molecule has 0 atom stereocenters. The zero-order valence-electron chi connectivity index (χ0n) is 12.2. The minimum absolute atomic E-state index is 0.0148. The fourth-order valence-electron chi connectivity index (χ4n) is 2.32. The van der Waals surface area contributed by atoms with Crippen molar-refractivity contribution in [3.63, 3.8) is 0 Å². The number of thiophene rings is 1. The zero-order valence-corrected chi connectivity index (χ0v) is 13.8. The molecule has 0 bridgehead atoms. The number of hydrogen-bond donors (Lipinski definition) is 1. The maximum Gasteiger partial charge on any atom is 0.354 e. The number of esters is 1. The van der Waals surface area contributed by atoms with Gasteiger partial charge in [0.15, 0.2) is 0 Å². The standard InChI is InChI=1S/C16H13ClN2O3S/c1-22-16(21)13-7-10-5-6-23-15(10)19(13)9-14(20)18-12-4-2-3-11(17)8-12/h2-8H,9H2,1H3,(H,18,20). The second-order valence-electron chi connectivity index (χ2n) is 4.85. The van der Waals surface area contributed by atoms with Crippen LogP contribution in [0.4, 0.5) is 5.69 Å². The average molecular weight is 349 g/mol. The molecule has 3 aromatic rings. The normalized spacial score (nSPS) is 10.7. The van der Waals surface area contributed by atoms with E-state index >= 15 is 0 Å². The molecule has 0 spiro atoms. The fourth-order valence-corrected chi connectivity index (χ4v) is 3.40. The van der Waals surface area contributed by atoms with Gasteiger partial charge in [-0.25, -0.2) is 4.79 Å². The third kappa shape index (κ3) is 3.23. The first-order valence-electron chi connectivity index (χ1n) is 6.79. The zero-order chi connectivity index (χ0) is 16.4. The van der Waals surface area contributed by atoms with Crippen LogP contribution in [0.15, 0.2) is 41.8 Å². The van der Waals surface area contributed by atoms with Gasteiger partial charge in [-0.15, -0.1) is 11.3 Å². The molecule has 0 unspecified atom stereocenters. The summed E-state index contributed by atoms with van der Waals surface area (Å²) in [5.41, 5.74) is 0.965. The van der Waals surface area contributed by atoms with Gasteiger partial charge in [-0.05, 0) is 35.7 Å². The Morgan fingerprint density at radius 2 is 2.13 bits per heavy atom. The number of aromatic nitrogens is 1. The lowest BCUT2D eigenvalue weighted by Gasteiger charge is -2.09. The van der Waals surface area contributed by atoms with Crippen molar-refractivity contribution in [2.75, 3.05) is 12.4 Å². The molecule has 0 aliphatic heterocycles. The number of nitrogens with zero attached hydrogens (tertiary/aromatic N) is 1. The van der Waals surface area contributed by atoms with E-state index in [1.807, 2.05) is 11.4 Å². The van der Waals surface area contributed by atoms with Gasteiger partial charge in [0.1, 0.15) is 17.1 Å². The third-order valence-electron chi connectivity index (χ3n) is 3.31. The number of fused-ring (bicyclic) bond motifs is 1. The Bertz CT molecular complexity index is 884. The van der Waals surface area contributed by atoms with Crippen molar-refractivity contribution in [3.8, 4) is 0 Å². The van der Waals surface area contributed by atoms with Crippen LogP contribution in [-0.4, -0.2) is 23.6 Å². The molecule has 1 amide bonds. The Morgan fingerprint density at radius 3 is 2.87 bits per heavy atom. The molecule has 0 saturated heterocycles. The molecule has 23 heavy (non-hydrogen) atoms. The fraction of sp³-hybridized carbons (Fsp3) is 0.125. The van der Waals surface area contributed by atoms with Crippen LogP contribution in [-0.2, 0) is 16.1 Å². The van der Waals surface area contributed by atoms with Gasteiger partial charge in [0, 0.05) is 16.1 Å². The van der Waals surface area contributed by atoms with E-state index in [9.17, 15) is 9.59 Å². The minimum atomic E-state index is -0.469. The molecule has 0 radical (unpaired) electrons. The van der Waals surface area contributed by atoms with E-state index in [0.29, 0.717) is 16.4 Å². The molecule has 0 saturated carbocycles. The molecular formula is C16H13ClN2O3S. The SMILES string of the molecule is COC(=O)c1cc2ccsc2n1CC(=O)Nc1cccc(Cl)c1. The van der Waals surface area contributed by atoms with Crippen LogP contribution in [0.1, 0.15) is 10.5 Å². The predicted octanol–water partition coefficient (Wildman–Crippen LogP) is 3.78. The predicted molar refractivity (Wildman–Crippen MR) is 91.2 cm³/mol. The maximum atomic E-state index is 12.3. The summed E-state index contributed by atoms with van der Waals surface area (Å²) in [6.45, 7) is 0.0148. The van der Waals surface area contributed by atoms with Crippen LogP contribution in [0.2, 0.25) is 5.02 Å². The van der Waals surface area contributed by atoms with Crippen LogP contribution in [0.5, 0.6) is 0 Å². The molecule has 2 heterocycles. The lowest BCUT2D eigenvalue weighted by molar-refractivity contribution is -0.116. The first-order chi connectivity index (χ1) is 11.1. The molecule has 1 N–H and O–H groups in total. The molecule has 1 aromatic carbocycles. The average Bonchev–Trinajstić information content (AvgIpc) is 3.09. The number of carbonyl (C=O) groups is 2. The van der Waals surface area contributed by atoms with Gasteiger partial charge < -0.3 is 14.6 Å². The Kier molecular flexibility index (Phi) is 4.36. The summed E-state index contributed by atoms with van der Waals surface area (Å²) in [5.74, 6) is -0.715. The van der Waals surface area contributed by atoms with Crippen molar-refractivity contribution in [1.82, 2.24) is 4.57 Å². The van der Waals surface area contributed by atoms with Crippen molar-refractivity contribution in [1.29, 1.82) is 0 Å². The van der Waals surface area contributed by atoms with E-state index in [0.717, 1.165) is 10.2 Å². The first-order valence-corrected chi connectivity index (χ1v) is 8.04. The summed E-state index contributed by atoms with van der Waals surface area (Å²) in [6, 6.07) is 10.5. The van der Waals surface area contributed by atoms with Crippen LogP contribution < -0.4 is 5.32 Å². The summed E-state index contributed by atoms with van der Waals surface area (Å²) in [5, 5.41) is 6.13. The summed E-state index contributed by atoms with van der Waals surface area (Å²) in [7, 11) is 1.32. The number of nitrogens with one attached hydrogen (secondary N) is 1. The number of carbonyl (C=O) groups excluding carboxylic acids is 2. The number of benzene rings is 1. The Balaban J connectivity index is 1.86. The number of amides is 1. The number of ether oxygens (including phenoxy) is 1. The molecule has 0 aliphatic carbocycles. The minimum Gasteiger partial charge on any atom is -0.464 e. The molecule has 5 nitrogen and oxygen atoms in total. The Morgan fingerprint density at radius 1 is 1.30 bits per heavy atom. The van der Waals surface area contributed by atoms with Crippen molar-refractivity contribution < 1.29 is 14.3 Å². The lowest BCUT2D eigenvalue weighted by Crippen LogP contribution is -2.21. The molecule has 7 heteroatoms. The molecular weight excluding hydrogens is 336 g/mol. The van der Waals surface area contributed by atoms with E-state index < -0.39 is 5.97 Å². The van der Waals surface area contributed by atoms with Gasteiger partial charge in [-0.3, -0.25) is 4.79 Å². The number of rotatable bonds is 4. The highest BCUT2D eigenvalue weighted by Gasteiger charge is 2.19. The number of hydrogen-bond acceptors (Lipinski definition) is 4. The number of anilines is 1. The van der Waals surface area contributed by atoms with Crippen LogP contribution in [0.3, 0.4) is 0 Å². The quantitative estimate of drug-likeness (QED) is 0.730. The maximum absolute atomic E-state index is 12.3. The van der Waals surface area contributed by atoms with Gasteiger partial charge >= 0.3 is 5.97 Å². The van der Waals surface area contributed by atoms with Crippen LogP contribution in [0, 0.1) is 0 Å². The second kappa shape index (κ2) is 6.44. The van der Waals surface area contributed by atoms with Crippen molar-refractivity contribution in [2.24, 2.45) is 0 Å². The Hall–Kier alpha value is -2.31. The van der Waals surface area contributed by atoms with E-state index in [1.54, 1.807) is 34.9 Å². The highest BCUT2D eigenvalue weighted by molar-refractivity contribution is 7.16. The van der Waals surface area contributed by atoms with Crippen LogP contribution >= 0.6 is 22.9 Å². The summed E-state index contributed by atoms with van der Waals surface area (Å²) in [4.78, 5) is 25.0. The molecule has 0 aliphatic rings. The lowest BCUT2D eigenvalue weighted by atomic mass is 10.3. The highest BCUT2D eigenvalue weighted by Crippen LogP contribution is 2.26. The highest BCUT2D eigenvalue weighted by atomic mass is 35.5. The van der Waals surface area contributed by atoms with E-state index in [2.05, 4.69) is 5.32 Å². The smallest absolute Gasteiger partial charge is 0.354 e. The molecule has 2 aromatic heterocycles. The van der Waals surface area contributed by atoms with Gasteiger partial charge in [0.25, 0.3) is 0 Å². The molecule has 118 valence electrons. The van der Waals surface area contributed by atoms with Gasteiger partial charge in [0.05, 0.1) is 7.11 Å². The van der Waals surface area contributed by atoms with Crippen molar-refractivity contribution in [2.45, 2.75) is 6.54 Å². The van der Waals surface area contributed by atoms with E-state index in [4.69, 9.17) is 16.3 Å². The second-order valence-corrected chi connectivity index (χ2v) is 6.18. The number of halogens is 1. The summed E-state index contributed by atoms with van der Waals surface area (Å²) in [6.07, 6.45) is 0. The largest absolute Gasteiger partial charge is 0.464 e. The van der Waals surface area contributed by atoms with Gasteiger partial charge in [-0.1, -0.05) is 17.7 Å². The summed E-state index contributed by atoms with van der Waals surface area (Å²) >= 11 is 7.37. The number of methoxy groups -OCH3 is 1.